The van der Waals surface area contributed by atoms with Gasteiger partial charge in [-0.2, -0.15) is 11.8 Å². The maximum atomic E-state index is 11.9. The number of fused-ring (bicyclic) bond motifs is 1. The minimum absolute atomic E-state index is 0.154. The van der Waals surface area contributed by atoms with Crippen molar-refractivity contribution in [3.63, 3.8) is 0 Å². The van der Waals surface area contributed by atoms with Gasteiger partial charge in [-0.25, -0.2) is 0 Å². The first kappa shape index (κ1) is 14.9. The lowest BCUT2D eigenvalue weighted by atomic mass is 9.74. The van der Waals surface area contributed by atoms with Crippen LogP contribution in [0.4, 0.5) is 4.79 Å². The van der Waals surface area contributed by atoms with Crippen LogP contribution in [0.1, 0.15) is 25.7 Å². The zero-order chi connectivity index (χ0) is 14.0. The Kier molecular flexibility index (Phi) is 4.93. The van der Waals surface area contributed by atoms with Gasteiger partial charge in [-0.3, -0.25) is 4.79 Å². The van der Waals surface area contributed by atoms with Crippen molar-refractivity contribution in [3.8, 4) is 0 Å². The Morgan fingerprint density at radius 2 is 2.16 bits per heavy atom. The van der Waals surface area contributed by atoms with E-state index in [0.717, 1.165) is 31.4 Å². The molecule has 2 amide bonds. The fraction of sp³-hybridized carbons (Fsp3) is 0.818. The number of rotatable bonds is 6. The highest BCUT2D eigenvalue weighted by Gasteiger charge is 2.48. The maximum absolute atomic E-state index is 11.9. The molecule has 3 atom stereocenters. The molecule has 0 saturated carbocycles. The normalized spacial score (nSPS) is 29.7. The van der Waals surface area contributed by atoms with E-state index in [-0.39, 0.29) is 6.03 Å². The molecule has 0 bridgehead atoms. The molecule has 2 rings (SSSR count). The van der Waals surface area contributed by atoms with Crippen molar-refractivity contribution < 1.29 is 9.59 Å². The largest absolute Gasteiger partial charge is 0.372 e. The summed E-state index contributed by atoms with van der Waals surface area (Å²) in [5.41, 5.74) is 0.366. The molecule has 2 aliphatic heterocycles. The SMILES string of the molecule is BN1C(=O)N(B)[C@H]2CS[C@@H](CCCCC(=O)BC)[C@H]21. The molecule has 2 heterocycles. The molecule has 2 fully saturated rings. The maximum Gasteiger partial charge on any atom is 0.295 e. The number of hydrogen-bond donors (Lipinski definition) is 0. The predicted octanol–water partition coefficient (Wildman–Crippen LogP) is -0.756. The van der Waals surface area contributed by atoms with E-state index in [2.05, 4.69) is 0 Å². The summed E-state index contributed by atoms with van der Waals surface area (Å²) in [6, 6.07) is 0.899. The summed E-state index contributed by atoms with van der Waals surface area (Å²) < 4.78 is 0. The van der Waals surface area contributed by atoms with Crippen LogP contribution in [0, 0.1) is 0 Å². The van der Waals surface area contributed by atoms with Crippen molar-refractivity contribution >= 4 is 46.7 Å². The summed E-state index contributed by atoms with van der Waals surface area (Å²) in [5.74, 6) is 1.05. The van der Waals surface area contributed by atoms with E-state index in [1.54, 1.807) is 0 Å². The highest BCUT2D eigenvalue weighted by atomic mass is 32.2. The Bertz CT molecular complexity index is 372. The molecule has 102 valence electrons. The van der Waals surface area contributed by atoms with Gasteiger partial charge < -0.3 is 14.4 Å². The predicted molar refractivity (Wildman–Crippen MR) is 86.5 cm³/mol. The minimum atomic E-state index is 0.154. The van der Waals surface area contributed by atoms with E-state index < -0.39 is 0 Å². The molecular formula is C11H21B3N2O2S. The van der Waals surface area contributed by atoms with Gasteiger partial charge in [0, 0.05) is 17.0 Å². The molecule has 19 heavy (non-hydrogen) atoms. The summed E-state index contributed by atoms with van der Waals surface area (Å²) in [6.07, 6.45) is 3.93. The fourth-order valence-corrected chi connectivity index (χ4v) is 4.89. The lowest BCUT2D eigenvalue weighted by molar-refractivity contribution is -0.112. The van der Waals surface area contributed by atoms with E-state index in [1.807, 2.05) is 44.2 Å². The monoisotopic (exact) mass is 278 g/mol. The van der Waals surface area contributed by atoms with Crippen LogP contribution in [0.15, 0.2) is 0 Å². The van der Waals surface area contributed by atoms with Gasteiger partial charge in [-0.05, 0) is 19.3 Å². The quantitative estimate of drug-likeness (QED) is 0.364. The first-order valence-corrected chi connectivity index (χ1v) is 8.24. The van der Waals surface area contributed by atoms with Crippen molar-refractivity contribution in [1.82, 2.24) is 9.62 Å². The summed E-state index contributed by atoms with van der Waals surface area (Å²) >= 11 is 1.99. The third-order valence-corrected chi connectivity index (χ3v) is 5.87. The Hall–Kier alpha value is -0.515. The van der Waals surface area contributed by atoms with Crippen LogP contribution in [0.5, 0.6) is 0 Å². The first-order valence-electron chi connectivity index (χ1n) is 7.19. The second kappa shape index (κ2) is 6.29. The average molecular weight is 278 g/mol. The lowest BCUT2D eigenvalue weighted by Gasteiger charge is -2.24. The van der Waals surface area contributed by atoms with E-state index >= 15 is 0 Å². The Balaban J connectivity index is 1.80. The number of urea groups is 1. The van der Waals surface area contributed by atoms with Crippen molar-refractivity contribution in [2.75, 3.05) is 5.75 Å². The van der Waals surface area contributed by atoms with Crippen molar-refractivity contribution in [2.45, 2.75) is 49.8 Å². The number of amides is 2. The molecule has 0 spiro atoms. The molecule has 0 aromatic rings. The highest BCUT2D eigenvalue weighted by Crippen LogP contribution is 2.39. The van der Waals surface area contributed by atoms with Crippen LogP contribution in [-0.2, 0) is 4.79 Å². The second-order valence-electron chi connectivity index (χ2n) is 5.57. The third kappa shape index (κ3) is 2.98. The van der Waals surface area contributed by atoms with E-state index in [9.17, 15) is 9.59 Å². The first-order chi connectivity index (χ1) is 9.06. The summed E-state index contributed by atoms with van der Waals surface area (Å²) in [4.78, 5) is 27.0. The number of thioether (sulfide) groups is 1. The minimum Gasteiger partial charge on any atom is -0.372 e. The van der Waals surface area contributed by atoms with Gasteiger partial charge in [0.2, 0.25) is 23.2 Å². The van der Waals surface area contributed by atoms with Crippen molar-refractivity contribution in [3.05, 3.63) is 0 Å². The number of hydrogen-bond acceptors (Lipinski definition) is 3. The van der Waals surface area contributed by atoms with Crippen molar-refractivity contribution in [1.29, 1.82) is 0 Å². The molecule has 0 aromatic carbocycles. The third-order valence-electron chi connectivity index (χ3n) is 4.39. The van der Waals surface area contributed by atoms with Crippen LogP contribution >= 0.6 is 11.8 Å². The smallest absolute Gasteiger partial charge is 0.295 e. The molecule has 0 radical (unpaired) electrons. The summed E-state index contributed by atoms with van der Waals surface area (Å²) in [5, 5.41) is 0.542. The molecular weight excluding hydrogens is 257 g/mol. The van der Waals surface area contributed by atoms with Gasteiger partial charge in [-0.15, -0.1) is 0 Å². The number of carbonyl (C=O) groups excluding carboxylic acids is 2. The summed E-state index contributed by atoms with van der Waals surface area (Å²) in [7, 11) is 4.49. The van der Waals surface area contributed by atoms with E-state index in [1.165, 1.54) is 0 Å². The Labute approximate surface area is 122 Å². The van der Waals surface area contributed by atoms with Crippen LogP contribution < -0.4 is 0 Å². The van der Waals surface area contributed by atoms with Gasteiger partial charge in [-0.1, -0.05) is 13.2 Å². The van der Waals surface area contributed by atoms with Gasteiger partial charge in [0.05, 0.1) is 11.7 Å². The molecule has 2 saturated heterocycles. The Morgan fingerprint density at radius 3 is 2.84 bits per heavy atom. The number of nitrogens with zero attached hydrogens (tertiary/aromatic N) is 2. The number of carbonyl (C=O) groups is 2. The highest BCUT2D eigenvalue weighted by molar-refractivity contribution is 8.00. The van der Waals surface area contributed by atoms with Crippen molar-refractivity contribution in [2.24, 2.45) is 0 Å². The molecule has 0 N–H and O–H groups in total. The van der Waals surface area contributed by atoms with Crippen LogP contribution in [-0.4, -0.2) is 67.7 Å². The molecule has 2 aliphatic rings. The molecule has 0 unspecified atom stereocenters. The van der Waals surface area contributed by atoms with Gasteiger partial charge in [0.15, 0.2) is 0 Å². The molecule has 4 nitrogen and oxygen atoms in total. The van der Waals surface area contributed by atoms with Crippen LogP contribution in [0.2, 0.25) is 6.82 Å². The molecule has 8 heteroatoms. The molecule has 0 aliphatic carbocycles. The van der Waals surface area contributed by atoms with Gasteiger partial charge in [0.25, 0.3) is 6.03 Å². The Morgan fingerprint density at radius 1 is 1.42 bits per heavy atom. The topological polar surface area (TPSA) is 40.6 Å². The van der Waals surface area contributed by atoms with Gasteiger partial charge in [0.1, 0.15) is 0 Å². The van der Waals surface area contributed by atoms with Gasteiger partial charge >= 0.3 is 0 Å². The lowest BCUT2D eigenvalue weighted by Crippen LogP contribution is -2.39. The second-order valence-corrected chi connectivity index (χ2v) is 6.84. The number of unbranched alkanes of at least 4 members (excludes halogenated alkanes) is 1. The van der Waals surface area contributed by atoms with Crippen LogP contribution in [0.3, 0.4) is 0 Å². The average Bonchev–Trinajstić information content (AvgIpc) is 2.92. The fourth-order valence-electron chi connectivity index (χ4n) is 3.13. The van der Waals surface area contributed by atoms with E-state index in [0.29, 0.717) is 30.3 Å². The standard InChI is InChI=1S/C11H21B3N2O2S/c1-14-9(17)5-3-2-4-8-10-7(6-19-8)15(12)11(18)16(10)13/h7-8,10,14H,2-6,12-13H2,1H3/t7-,8-,10-/m0/s1. The zero-order valence-electron chi connectivity index (χ0n) is 12.1. The van der Waals surface area contributed by atoms with Crippen LogP contribution in [0.25, 0.3) is 0 Å². The summed E-state index contributed by atoms with van der Waals surface area (Å²) in [6.45, 7) is 1.93. The zero-order valence-corrected chi connectivity index (χ0v) is 12.9. The molecule has 0 aromatic heterocycles. The van der Waals surface area contributed by atoms with E-state index in [4.69, 9.17) is 0 Å².